The molecule has 2 amide bonds. The number of para-hydroxylation sites is 2. The van der Waals surface area contributed by atoms with Gasteiger partial charge in [-0.3, -0.25) is 14.4 Å². The van der Waals surface area contributed by atoms with Crippen LogP contribution in [0, 0.1) is 0 Å². The summed E-state index contributed by atoms with van der Waals surface area (Å²) in [6.07, 6.45) is -1.55. The van der Waals surface area contributed by atoms with E-state index in [0.717, 1.165) is 5.56 Å². The van der Waals surface area contributed by atoms with Crippen molar-refractivity contribution < 1.29 is 23.9 Å². The summed E-state index contributed by atoms with van der Waals surface area (Å²) >= 11 is 0. The lowest BCUT2D eigenvalue weighted by molar-refractivity contribution is -0.158. The second-order valence-electron chi connectivity index (χ2n) is 7.28. The monoisotopic (exact) mass is 410 g/mol. The Balaban J connectivity index is 1.54. The third kappa shape index (κ3) is 4.97. The predicted molar refractivity (Wildman–Crippen MR) is 112 cm³/mol. The van der Waals surface area contributed by atoms with E-state index in [2.05, 4.69) is 0 Å². The largest absolute Gasteiger partial charge is 0.479 e. The van der Waals surface area contributed by atoms with Crippen LogP contribution < -0.4 is 9.64 Å². The molecule has 0 aliphatic carbocycles. The van der Waals surface area contributed by atoms with Gasteiger partial charge in [-0.05, 0) is 31.5 Å². The first-order chi connectivity index (χ1) is 14.4. The average Bonchev–Trinajstić information content (AvgIpc) is 2.74. The van der Waals surface area contributed by atoms with Gasteiger partial charge in [-0.15, -0.1) is 0 Å². The van der Waals surface area contributed by atoms with Crippen LogP contribution in [-0.4, -0.2) is 48.5 Å². The van der Waals surface area contributed by atoms with Gasteiger partial charge in [-0.2, -0.15) is 0 Å². The van der Waals surface area contributed by atoms with Gasteiger partial charge in [0.05, 0.1) is 12.1 Å². The molecule has 7 nitrogen and oxygen atoms in total. The maximum atomic E-state index is 12.5. The van der Waals surface area contributed by atoms with Crippen LogP contribution in [-0.2, 0) is 25.7 Å². The summed E-state index contributed by atoms with van der Waals surface area (Å²) < 4.78 is 10.9. The molecule has 0 radical (unpaired) electrons. The highest BCUT2D eigenvalue weighted by atomic mass is 16.5. The van der Waals surface area contributed by atoms with Gasteiger partial charge in [0.25, 0.3) is 11.8 Å². The normalized spacial score (nSPS) is 16.3. The number of carbonyl (C=O) groups is 3. The standard InChI is InChI=1S/C23H26N2O5/c1-16(22(27)24(3)15-18-9-5-4-6-10-18)30-21(26)13-14-25-19-11-7-8-12-20(19)29-17(2)23(25)28/h4-12,16-17H,13-15H2,1-3H3. The van der Waals surface area contributed by atoms with Crippen molar-refractivity contribution in [2.75, 3.05) is 18.5 Å². The van der Waals surface area contributed by atoms with E-state index in [9.17, 15) is 14.4 Å². The Labute approximate surface area is 176 Å². The number of hydrogen-bond donors (Lipinski definition) is 0. The van der Waals surface area contributed by atoms with E-state index in [4.69, 9.17) is 9.47 Å². The molecule has 30 heavy (non-hydrogen) atoms. The van der Waals surface area contributed by atoms with Crippen LogP contribution in [0.5, 0.6) is 5.75 Å². The minimum absolute atomic E-state index is 0.0210. The molecule has 0 aromatic heterocycles. The van der Waals surface area contributed by atoms with E-state index >= 15 is 0 Å². The fourth-order valence-corrected chi connectivity index (χ4v) is 3.34. The summed E-state index contributed by atoms with van der Waals surface area (Å²) in [6, 6.07) is 16.8. The molecule has 0 saturated heterocycles. The zero-order chi connectivity index (χ0) is 21.7. The topological polar surface area (TPSA) is 76.1 Å². The summed E-state index contributed by atoms with van der Waals surface area (Å²) in [5.74, 6) is -0.431. The van der Waals surface area contributed by atoms with Gasteiger partial charge in [0.2, 0.25) is 0 Å². The van der Waals surface area contributed by atoms with Crippen LogP contribution in [0.15, 0.2) is 54.6 Å². The number of fused-ring (bicyclic) bond motifs is 1. The molecule has 3 rings (SSSR count). The average molecular weight is 410 g/mol. The first-order valence-corrected chi connectivity index (χ1v) is 9.92. The number of nitrogens with zero attached hydrogens (tertiary/aromatic N) is 2. The van der Waals surface area contributed by atoms with Crippen molar-refractivity contribution in [3.05, 3.63) is 60.2 Å². The van der Waals surface area contributed by atoms with Crippen LogP contribution in [0.3, 0.4) is 0 Å². The van der Waals surface area contributed by atoms with E-state index < -0.39 is 18.2 Å². The van der Waals surface area contributed by atoms with Crippen molar-refractivity contribution in [2.24, 2.45) is 0 Å². The molecule has 2 aromatic rings. The molecule has 2 aromatic carbocycles. The van der Waals surface area contributed by atoms with E-state index in [1.807, 2.05) is 36.4 Å². The molecule has 0 spiro atoms. The van der Waals surface area contributed by atoms with Gasteiger partial charge >= 0.3 is 5.97 Å². The van der Waals surface area contributed by atoms with E-state index in [-0.39, 0.29) is 24.8 Å². The number of likely N-dealkylation sites (N-methyl/N-ethyl adjacent to an activating group) is 1. The molecule has 7 heteroatoms. The highest BCUT2D eigenvalue weighted by Crippen LogP contribution is 2.33. The quantitative estimate of drug-likeness (QED) is 0.656. The van der Waals surface area contributed by atoms with Gasteiger partial charge in [0.1, 0.15) is 5.75 Å². The number of hydrogen-bond acceptors (Lipinski definition) is 5. The van der Waals surface area contributed by atoms with Gasteiger partial charge in [0.15, 0.2) is 12.2 Å². The van der Waals surface area contributed by atoms with Crippen LogP contribution >= 0.6 is 0 Å². The van der Waals surface area contributed by atoms with E-state index in [1.54, 1.807) is 39.1 Å². The third-order valence-electron chi connectivity index (χ3n) is 4.91. The van der Waals surface area contributed by atoms with Crippen molar-refractivity contribution in [1.82, 2.24) is 4.90 Å². The smallest absolute Gasteiger partial charge is 0.308 e. The summed E-state index contributed by atoms with van der Waals surface area (Å²) in [6.45, 7) is 3.81. The van der Waals surface area contributed by atoms with Gasteiger partial charge in [-0.1, -0.05) is 42.5 Å². The number of amides is 2. The molecule has 0 fully saturated rings. The van der Waals surface area contributed by atoms with Crippen molar-refractivity contribution in [3.8, 4) is 5.75 Å². The Morgan fingerprint density at radius 1 is 1.13 bits per heavy atom. The molecule has 0 N–H and O–H groups in total. The highest BCUT2D eigenvalue weighted by Gasteiger charge is 2.31. The van der Waals surface area contributed by atoms with E-state index in [1.165, 1.54) is 9.80 Å². The lowest BCUT2D eigenvalue weighted by Gasteiger charge is -2.32. The Morgan fingerprint density at radius 2 is 1.80 bits per heavy atom. The lowest BCUT2D eigenvalue weighted by atomic mass is 10.2. The molecular formula is C23H26N2O5. The third-order valence-corrected chi connectivity index (χ3v) is 4.91. The van der Waals surface area contributed by atoms with Crippen molar-refractivity contribution in [1.29, 1.82) is 0 Å². The Bertz CT molecular complexity index is 915. The predicted octanol–water partition coefficient (Wildman–Crippen LogP) is 2.78. The first kappa shape index (κ1) is 21.4. The van der Waals surface area contributed by atoms with Gasteiger partial charge in [0, 0.05) is 20.1 Å². The Hall–Kier alpha value is -3.35. The van der Waals surface area contributed by atoms with Crippen LogP contribution in [0.25, 0.3) is 0 Å². The zero-order valence-corrected chi connectivity index (χ0v) is 17.4. The molecule has 0 saturated carbocycles. The maximum absolute atomic E-state index is 12.5. The molecule has 158 valence electrons. The molecule has 1 aliphatic rings. The summed E-state index contributed by atoms with van der Waals surface area (Å²) in [7, 11) is 1.67. The molecular weight excluding hydrogens is 384 g/mol. The van der Waals surface area contributed by atoms with Gasteiger partial charge in [-0.25, -0.2) is 0 Å². The number of rotatable bonds is 7. The number of anilines is 1. The zero-order valence-electron chi connectivity index (χ0n) is 17.4. The molecule has 1 heterocycles. The fraction of sp³-hybridized carbons (Fsp3) is 0.348. The number of benzene rings is 2. The van der Waals surface area contributed by atoms with E-state index in [0.29, 0.717) is 18.0 Å². The number of esters is 1. The summed E-state index contributed by atoms with van der Waals surface area (Å²) in [4.78, 5) is 40.4. The van der Waals surface area contributed by atoms with Crippen molar-refractivity contribution in [3.63, 3.8) is 0 Å². The van der Waals surface area contributed by atoms with Crippen LogP contribution in [0.1, 0.15) is 25.8 Å². The molecule has 2 unspecified atom stereocenters. The lowest BCUT2D eigenvalue weighted by Crippen LogP contribution is -2.45. The van der Waals surface area contributed by atoms with Crippen LogP contribution in [0.2, 0.25) is 0 Å². The SMILES string of the molecule is CC(OC(=O)CCN1C(=O)C(C)Oc2ccccc21)C(=O)N(C)Cc1ccccc1. The maximum Gasteiger partial charge on any atom is 0.308 e. The highest BCUT2D eigenvalue weighted by molar-refractivity contribution is 6.00. The molecule has 1 aliphatic heterocycles. The fourth-order valence-electron chi connectivity index (χ4n) is 3.34. The second-order valence-corrected chi connectivity index (χ2v) is 7.28. The minimum Gasteiger partial charge on any atom is -0.479 e. The summed E-state index contributed by atoms with van der Waals surface area (Å²) in [5.41, 5.74) is 1.62. The molecule has 2 atom stereocenters. The molecule has 0 bridgehead atoms. The first-order valence-electron chi connectivity index (χ1n) is 9.92. The number of ether oxygens (including phenoxy) is 2. The second kappa shape index (κ2) is 9.43. The van der Waals surface area contributed by atoms with Crippen molar-refractivity contribution >= 4 is 23.5 Å². The van der Waals surface area contributed by atoms with Gasteiger partial charge < -0.3 is 19.3 Å². The Morgan fingerprint density at radius 3 is 2.53 bits per heavy atom. The number of carbonyl (C=O) groups excluding carboxylic acids is 3. The Kier molecular flexibility index (Phi) is 6.72. The van der Waals surface area contributed by atoms with Crippen molar-refractivity contribution in [2.45, 2.75) is 39.0 Å². The summed E-state index contributed by atoms with van der Waals surface area (Å²) in [5, 5.41) is 0. The minimum atomic E-state index is -0.905. The van der Waals surface area contributed by atoms with Crippen LogP contribution in [0.4, 0.5) is 5.69 Å².